The summed E-state index contributed by atoms with van der Waals surface area (Å²) >= 11 is 0. The lowest BCUT2D eigenvalue weighted by Gasteiger charge is -2.21. The average molecular weight is 116 g/mol. The van der Waals surface area contributed by atoms with Crippen LogP contribution in [0.4, 0.5) is 0 Å². The molecule has 1 aliphatic carbocycles. The molecule has 7 heavy (non-hydrogen) atoms. The number of rotatable bonds is 0. The fourth-order valence-corrected chi connectivity index (χ4v) is 3.84. The van der Waals surface area contributed by atoms with Gasteiger partial charge in [0.1, 0.15) is 0 Å². The van der Waals surface area contributed by atoms with E-state index in [0.717, 1.165) is 0 Å². The van der Waals surface area contributed by atoms with Crippen molar-refractivity contribution in [3.05, 3.63) is 0 Å². The number of hydrogen-bond donors (Lipinski definition) is 0. The monoisotopic (exact) mass is 116 g/mol. The lowest BCUT2D eigenvalue weighted by molar-refractivity contribution is 0.558. The number of fused-ring (bicyclic) bond motifs is 1. The Kier molecular flexibility index (Phi) is 0.674. The van der Waals surface area contributed by atoms with Crippen LogP contribution in [0.2, 0.25) is 0 Å². The minimum absolute atomic E-state index is 0.704. The van der Waals surface area contributed by atoms with Crippen molar-refractivity contribution in [2.24, 2.45) is 0 Å². The van der Waals surface area contributed by atoms with Gasteiger partial charge in [-0.1, -0.05) is 0 Å². The average Bonchev–Trinajstić information content (AvgIpc) is 2.18. The van der Waals surface area contributed by atoms with E-state index in [1.165, 1.54) is 19.3 Å². The molecule has 1 nitrogen and oxygen atoms in total. The highest BCUT2D eigenvalue weighted by atomic mass is 31.1. The van der Waals surface area contributed by atoms with Crippen molar-refractivity contribution in [1.29, 1.82) is 0 Å². The Morgan fingerprint density at radius 1 is 1.29 bits per heavy atom. The van der Waals surface area contributed by atoms with Crippen molar-refractivity contribution >= 4 is 7.80 Å². The highest BCUT2D eigenvalue weighted by molar-refractivity contribution is 7.48. The zero-order valence-electron chi connectivity index (χ0n) is 4.18. The first-order chi connectivity index (χ1) is 3.38. The van der Waals surface area contributed by atoms with Gasteiger partial charge in [-0.15, -0.1) is 0 Å². The van der Waals surface area contributed by atoms with E-state index in [4.69, 9.17) is 0 Å². The molecule has 2 saturated heterocycles. The maximum absolute atomic E-state index is 10.8. The van der Waals surface area contributed by atoms with Crippen molar-refractivity contribution in [3.63, 3.8) is 0 Å². The molecule has 3 fully saturated rings. The van der Waals surface area contributed by atoms with E-state index in [0.29, 0.717) is 11.3 Å². The van der Waals surface area contributed by atoms with Crippen LogP contribution in [0, 0.1) is 0 Å². The minimum atomic E-state index is -0.988. The van der Waals surface area contributed by atoms with Gasteiger partial charge in [-0.05, 0) is 19.3 Å². The maximum atomic E-state index is 10.8. The van der Waals surface area contributed by atoms with Crippen LogP contribution in [0.3, 0.4) is 0 Å². The third-order valence-corrected chi connectivity index (χ3v) is 4.90. The van der Waals surface area contributed by atoms with Gasteiger partial charge in [-0.3, -0.25) is 0 Å². The normalized spacial score (nSPS) is 56.9. The molecular weight excluding hydrogens is 107 g/mol. The zero-order chi connectivity index (χ0) is 4.85. The summed E-state index contributed by atoms with van der Waals surface area (Å²) < 4.78 is 10.8. The zero-order valence-corrected chi connectivity index (χ0v) is 5.18. The molecule has 1 saturated carbocycles. The van der Waals surface area contributed by atoms with Gasteiger partial charge in [0.05, 0.1) is 7.80 Å². The van der Waals surface area contributed by atoms with Crippen molar-refractivity contribution in [1.82, 2.24) is 0 Å². The van der Waals surface area contributed by atoms with Crippen molar-refractivity contribution in [3.8, 4) is 0 Å². The van der Waals surface area contributed by atoms with Crippen LogP contribution in [0.15, 0.2) is 0 Å². The summed E-state index contributed by atoms with van der Waals surface area (Å²) in [7, 11) is -0.988. The molecule has 0 aromatic rings. The van der Waals surface area contributed by atoms with Crippen molar-refractivity contribution in [2.45, 2.75) is 30.6 Å². The van der Waals surface area contributed by atoms with Gasteiger partial charge in [0.25, 0.3) is 0 Å². The molecule has 40 valence electrons. The van der Waals surface area contributed by atoms with E-state index in [2.05, 4.69) is 0 Å². The molecule has 0 aromatic carbocycles. The first-order valence-corrected chi connectivity index (χ1v) is 4.48. The smallest absolute Gasteiger partial charge is 0.0821 e. The quantitative estimate of drug-likeness (QED) is 0.438. The molecule has 2 bridgehead atoms. The molecule has 2 aliphatic heterocycles. The molecule has 2 atom stereocenters. The van der Waals surface area contributed by atoms with Crippen LogP contribution < -0.4 is 0 Å². The summed E-state index contributed by atoms with van der Waals surface area (Å²) in [6, 6.07) is 0. The Morgan fingerprint density at radius 3 is 2.00 bits per heavy atom. The molecule has 2 heteroatoms. The lowest BCUT2D eigenvalue weighted by Crippen LogP contribution is -2.12. The van der Waals surface area contributed by atoms with E-state index < -0.39 is 7.80 Å². The van der Waals surface area contributed by atoms with Crippen molar-refractivity contribution in [2.75, 3.05) is 0 Å². The van der Waals surface area contributed by atoms with Crippen molar-refractivity contribution < 1.29 is 4.57 Å². The standard InChI is InChI=1S/C5H9OP/c6-7-4-1-2-5(7)3-4/h4-5,7H,1-3H2. The van der Waals surface area contributed by atoms with Gasteiger partial charge in [-0.2, -0.15) is 0 Å². The van der Waals surface area contributed by atoms with Crippen LogP contribution in [0.1, 0.15) is 19.3 Å². The van der Waals surface area contributed by atoms with E-state index in [1.807, 2.05) is 0 Å². The Labute approximate surface area is 43.9 Å². The molecule has 0 N–H and O–H groups in total. The SMILES string of the molecule is O=[PH]1C2CCC1C2. The van der Waals surface area contributed by atoms with E-state index >= 15 is 0 Å². The largest absolute Gasteiger partial charge is 0.326 e. The molecule has 0 amide bonds. The second kappa shape index (κ2) is 1.14. The molecule has 2 unspecified atom stereocenters. The van der Waals surface area contributed by atoms with Crippen LogP contribution in [-0.2, 0) is 4.57 Å². The Bertz CT molecular complexity index is 105. The van der Waals surface area contributed by atoms with Crippen LogP contribution in [-0.4, -0.2) is 11.3 Å². The maximum Gasteiger partial charge on any atom is 0.0821 e. The predicted octanol–water partition coefficient (Wildman–Crippen LogP) is 1.48. The summed E-state index contributed by atoms with van der Waals surface area (Å²) in [6.07, 6.45) is 3.86. The Hall–Kier alpha value is 0.230. The summed E-state index contributed by atoms with van der Waals surface area (Å²) in [5.74, 6) is 0. The molecule has 0 radical (unpaired) electrons. The number of hydrogen-bond acceptors (Lipinski definition) is 1. The highest BCUT2D eigenvalue weighted by Gasteiger charge is 2.43. The van der Waals surface area contributed by atoms with Gasteiger partial charge in [-0.25, -0.2) is 0 Å². The van der Waals surface area contributed by atoms with Gasteiger partial charge in [0.15, 0.2) is 0 Å². The third kappa shape index (κ3) is 0.375. The molecule has 0 spiro atoms. The van der Waals surface area contributed by atoms with Gasteiger partial charge in [0.2, 0.25) is 0 Å². The summed E-state index contributed by atoms with van der Waals surface area (Å²) in [5.41, 5.74) is 1.41. The second-order valence-corrected chi connectivity index (χ2v) is 5.05. The lowest BCUT2D eigenvalue weighted by atomic mass is 10.3. The van der Waals surface area contributed by atoms with Crippen LogP contribution >= 0.6 is 7.80 Å². The fourth-order valence-electron chi connectivity index (χ4n) is 1.67. The van der Waals surface area contributed by atoms with Crippen LogP contribution in [0.25, 0.3) is 0 Å². The second-order valence-electron chi connectivity index (χ2n) is 2.61. The first kappa shape index (κ1) is 4.14. The molecule has 3 rings (SSSR count). The Balaban J connectivity index is 2.29. The fraction of sp³-hybridized carbons (Fsp3) is 1.00. The van der Waals surface area contributed by atoms with Crippen LogP contribution in [0.5, 0.6) is 0 Å². The molecular formula is C5H9OP. The summed E-state index contributed by atoms with van der Waals surface area (Å²) in [6.45, 7) is 0. The van der Waals surface area contributed by atoms with E-state index in [9.17, 15) is 4.57 Å². The molecule has 3 aliphatic rings. The summed E-state index contributed by atoms with van der Waals surface area (Å²) in [4.78, 5) is 0. The minimum Gasteiger partial charge on any atom is -0.326 e. The highest BCUT2D eigenvalue weighted by Crippen LogP contribution is 2.60. The molecule has 0 aromatic heterocycles. The van der Waals surface area contributed by atoms with E-state index in [1.54, 1.807) is 0 Å². The Morgan fingerprint density at radius 2 is 1.86 bits per heavy atom. The van der Waals surface area contributed by atoms with Gasteiger partial charge < -0.3 is 4.57 Å². The summed E-state index contributed by atoms with van der Waals surface area (Å²) in [5, 5.41) is 0. The third-order valence-electron chi connectivity index (χ3n) is 2.24. The van der Waals surface area contributed by atoms with Gasteiger partial charge >= 0.3 is 0 Å². The first-order valence-electron chi connectivity index (χ1n) is 2.91. The topological polar surface area (TPSA) is 17.1 Å². The predicted molar refractivity (Wildman–Crippen MR) is 30.4 cm³/mol. The van der Waals surface area contributed by atoms with E-state index in [-0.39, 0.29) is 0 Å². The van der Waals surface area contributed by atoms with Gasteiger partial charge in [0, 0.05) is 11.3 Å². The molecule has 2 heterocycles.